The third kappa shape index (κ3) is 5.12. The molecule has 0 aromatic rings. The Morgan fingerprint density at radius 1 is 1.25 bits per heavy atom. The van der Waals surface area contributed by atoms with Crippen molar-refractivity contribution < 1.29 is 9.59 Å². The molecule has 0 aliphatic carbocycles. The van der Waals surface area contributed by atoms with Crippen molar-refractivity contribution in [2.45, 2.75) is 39.5 Å². The fourth-order valence-electron chi connectivity index (χ4n) is 2.80. The highest BCUT2D eigenvalue weighted by molar-refractivity contribution is 5.79. The van der Waals surface area contributed by atoms with Crippen molar-refractivity contribution in [1.29, 1.82) is 0 Å². The van der Waals surface area contributed by atoms with Gasteiger partial charge in [0.25, 0.3) is 0 Å². The molecule has 1 N–H and O–H groups in total. The van der Waals surface area contributed by atoms with Crippen LogP contribution in [0.4, 0.5) is 0 Å². The normalized spacial score (nSPS) is 18.4. The lowest BCUT2D eigenvalue weighted by molar-refractivity contribution is -0.132. The molecule has 0 saturated carbocycles. The Morgan fingerprint density at radius 3 is 2.55 bits per heavy atom. The topological polar surface area (TPSA) is 52.7 Å². The fraction of sp³-hybridized carbons (Fsp3) is 0.867. The van der Waals surface area contributed by atoms with E-state index in [0.29, 0.717) is 25.2 Å². The Bertz CT molecular complexity index is 316. The Kier molecular flexibility index (Phi) is 7.59. The van der Waals surface area contributed by atoms with Crippen LogP contribution in [-0.4, -0.2) is 61.4 Å². The molecule has 1 saturated heterocycles. The third-order valence-electron chi connectivity index (χ3n) is 4.03. The second kappa shape index (κ2) is 8.95. The molecule has 1 fully saturated rings. The number of hydrogen-bond donors (Lipinski definition) is 1. The van der Waals surface area contributed by atoms with Crippen LogP contribution in [0.1, 0.15) is 39.5 Å². The molecule has 1 aliphatic rings. The summed E-state index contributed by atoms with van der Waals surface area (Å²) < 4.78 is 0. The van der Waals surface area contributed by atoms with Gasteiger partial charge < -0.3 is 15.1 Å². The van der Waals surface area contributed by atoms with Crippen molar-refractivity contribution in [3.8, 4) is 0 Å². The molecule has 2 amide bonds. The van der Waals surface area contributed by atoms with Crippen LogP contribution >= 0.6 is 0 Å². The first-order valence-electron chi connectivity index (χ1n) is 7.82. The van der Waals surface area contributed by atoms with E-state index in [1.54, 1.807) is 0 Å². The van der Waals surface area contributed by atoms with Crippen LogP contribution in [0.25, 0.3) is 0 Å². The third-order valence-corrected chi connectivity index (χ3v) is 4.03. The molecule has 116 valence electrons. The van der Waals surface area contributed by atoms with Gasteiger partial charge in [-0.25, -0.2) is 0 Å². The van der Waals surface area contributed by atoms with Gasteiger partial charge in [0.15, 0.2) is 0 Å². The molecule has 0 bridgehead atoms. The molecule has 0 spiro atoms. The lowest BCUT2D eigenvalue weighted by Crippen LogP contribution is -2.32. The van der Waals surface area contributed by atoms with E-state index in [4.69, 9.17) is 0 Å². The zero-order chi connectivity index (χ0) is 15.0. The highest BCUT2D eigenvalue weighted by atomic mass is 16.2. The molecule has 0 radical (unpaired) electrons. The lowest BCUT2D eigenvalue weighted by Gasteiger charge is -2.19. The molecule has 1 heterocycles. The summed E-state index contributed by atoms with van der Waals surface area (Å²) in [7, 11) is 1.95. The molecule has 0 aromatic carbocycles. The number of nitrogens with zero attached hydrogens (tertiary/aromatic N) is 2. The summed E-state index contributed by atoms with van der Waals surface area (Å²) in [6.07, 6.45) is 2.74. The number of amides is 2. The maximum absolute atomic E-state index is 12.1. The van der Waals surface area contributed by atoms with Crippen molar-refractivity contribution in [2.75, 3.05) is 39.8 Å². The van der Waals surface area contributed by atoms with E-state index in [2.05, 4.69) is 5.32 Å². The first-order valence-corrected chi connectivity index (χ1v) is 7.82. The van der Waals surface area contributed by atoms with Gasteiger partial charge in [0.1, 0.15) is 0 Å². The first-order chi connectivity index (χ1) is 9.62. The van der Waals surface area contributed by atoms with E-state index in [1.165, 1.54) is 0 Å². The van der Waals surface area contributed by atoms with Crippen LogP contribution < -0.4 is 5.32 Å². The summed E-state index contributed by atoms with van der Waals surface area (Å²) >= 11 is 0. The van der Waals surface area contributed by atoms with Crippen LogP contribution in [-0.2, 0) is 9.59 Å². The molecule has 1 aliphatic heterocycles. The Morgan fingerprint density at radius 2 is 1.95 bits per heavy atom. The Balaban J connectivity index is 2.22. The quantitative estimate of drug-likeness (QED) is 0.725. The maximum atomic E-state index is 12.1. The van der Waals surface area contributed by atoms with Crippen molar-refractivity contribution >= 4 is 11.8 Å². The average molecular weight is 283 g/mol. The van der Waals surface area contributed by atoms with E-state index in [1.807, 2.05) is 30.7 Å². The van der Waals surface area contributed by atoms with Crippen LogP contribution in [0.2, 0.25) is 0 Å². The van der Waals surface area contributed by atoms with E-state index in [9.17, 15) is 9.59 Å². The molecule has 20 heavy (non-hydrogen) atoms. The second-order valence-electron chi connectivity index (χ2n) is 5.47. The molecule has 1 rings (SSSR count). The van der Waals surface area contributed by atoms with Gasteiger partial charge in [0.05, 0.1) is 0 Å². The molecule has 5 nitrogen and oxygen atoms in total. The summed E-state index contributed by atoms with van der Waals surface area (Å²) in [4.78, 5) is 27.7. The number of nitrogens with one attached hydrogen (secondary N) is 1. The van der Waals surface area contributed by atoms with Crippen LogP contribution in [0.3, 0.4) is 0 Å². The Labute approximate surface area is 122 Å². The molecule has 1 atom stereocenters. The average Bonchev–Trinajstić information content (AvgIpc) is 2.89. The van der Waals surface area contributed by atoms with Gasteiger partial charge in [0.2, 0.25) is 11.8 Å². The summed E-state index contributed by atoms with van der Waals surface area (Å²) in [5, 5.41) is 3.16. The van der Waals surface area contributed by atoms with Gasteiger partial charge in [-0.05, 0) is 46.2 Å². The predicted octanol–water partition coefficient (Wildman–Crippen LogP) is 1.09. The van der Waals surface area contributed by atoms with Gasteiger partial charge in [-0.2, -0.15) is 0 Å². The summed E-state index contributed by atoms with van der Waals surface area (Å²) in [5.41, 5.74) is 0. The van der Waals surface area contributed by atoms with Crippen LogP contribution in [0.15, 0.2) is 0 Å². The Hall–Kier alpha value is -1.10. The minimum absolute atomic E-state index is 0.164. The van der Waals surface area contributed by atoms with Gasteiger partial charge in [-0.3, -0.25) is 9.59 Å². The second-order valence-corrected chi connectivity index (χ2v) is 5.47. The zero-order valence-corrected chi connectivity index (χ0v) is 13.2. The molecular formula is C15H29N3O2. The monoisotopic (exact) mass is 283 g/mol. The predicted molar refractivity (Wildman–Crippen MR) is 80.4 cm³/mol. The SMILES string of the molecule is CCN(CC)C(=O)CCCC(=O)N1CCC(CNC)C1. The first kappa shape index (κ1) is 17.0. The van der Waals surface area contributed by atoms with Gasteiger partial charge in [0, 0.05) is 39.0 Å². The maximum Gasteiger partial charge on any atom is 0.222 e. The van der Waals surface area contributed by atoms with E-state index in [0.717, 1.165) is 39.1 Å². The molecule has 5 heteroatoms. The van der Waals surface area contributed by atoms with E-state index < -0.39 is 0 Å². The minimum Gasteiger partial charge on any atom is -0.343 e. The lowest BCUT2D eigenvalue weighted by atomic mass is 10.1. The fourth-order valence-corrected chi connectivity index (χ4v) is 2.80. The van der Waals surface area contributed by atoms with E-state index >= 15 is 0 Å². The van der Waals surface area contributed by atoms with Crippen molar-refractivity contribution in [1.82, 2.24) is 15.1 Å². The van der Waals surface area contributed by atoms with Crippen molar-refractivity contribution in [3.63, 3.8) is 0 Å². The van der Waals surface area contributed by atoms with Crippen molar-refractivity contribution in [3.05, 3.63) is 0 Å². The van der Waals surface area contributed by atoms with Crippen LogP contribution in [0, 0.1) is 5.92 Å². The summed E-state index contributed by atoms with van der Waals surface area (Å²) in [6.45, 7) is 8.18. The highest BCUT2D eigenvalue weighted by Crippen LogP contribution is 2.17. The van der Waals surface area contributed by atoms with Gasteiger partial charge in [-0.15, -0.1) is 0 Å². The van der Waals surface area contributed by atoms with Crippen molar-refractivity contribution in [2.24, 2.45) is 5.92 Å². The van der Waals surface area contributed by atoms with Gasteiger partial charge >= 0.3 is 0 Å². The summed E-state index contributed by atoms with van der Waals surface area (Å²) in [5.74, 6) is 0.953. The number of carbonyl (C=O) groups is 2. The molecular weight excluding hydrogens is 254 g/mol. The number of rotatable bonds is 8. The highest BCUT2D eigenvalue weighted by Gasteiger charge is 2.25. The largest absolute Gasteiger partial charge is 0.343 e. The number of likely N-dealkylation sites (tertiary alicyclic amines) is 1. The molecule has 0 aromatic heterocycles. The number of carbonyl (C=O) groups excluding carboxylic acids is 2. The zero-order valence-electron chi connectivity index (χ0n) is 13.2. The standard InChI is InChI=1S/C15H29N3O2/c1-4-17(5-2)14(19)7-6-8-15(20)18-10-9-13(12-18)11-16-3/h13,16H,4-12H2,1-3H3. The minimum atomic E-state index is 0.164. The smallest absolute Gasteiger partial charge is 0.222 e. The molecule has 1 unspecified atom stereocenters. The number of hydrogen-bond acceptors (Lipinski definition) is 3. The van der Waals surface area contributed by atoms with E-state index in [-0.39, 0.29) is 11.8 Å². The summed E-state index contributed by atoms with van der Waals surface area (Å²) in [6, 6.07) is 0. The van der Waals surface area contributed by atoms with Crippen LogP contribution in [0.5, 0.6) is 0 Å². The van der Waals surface area contributed by atoms with Gasteiger partial charge in [-0.1, -0.05) is 0 Å².